The van der Waals surface area contributed by atoms with Crippen LogP contribution in [0.5, 0.6) is 0 Å². The zero-order valence-corrected chi connectivity index (χ0v) is 12.4. The first-order valence-corrected chi connectivity index (χ1v) is 6.75. The molecule has 0 unspecified atom stereocenters. The fourth-order valence-corrected chi connectivity index (χ4v) is 2.12. The van der Waals surface area contributed by atoms with Crippen LogP contribution >= 0.6 is 15.9 Å². The van der Waals surface area contributed by atoms with Crippen molar-refractivity contribution in [3.63, 3.8) is 0 Å². The summed E-state index contributed by atoms with van der Waals surface area (Å²) in [6, 6.07) is 11.8. The van der Waals surface area contributed by atoms with Crippen molar-refractivity contribution >= 4 is 27.6 Å². The van der Waals surface area contributed by atoms with Gasteiger partial charge in [-0.2, -0.15) is 0 Å². The summed E-state index contributed by atoms with van der Waals surface area (Å²) in [7, 11) is 1.35. The molecule has 0 atom stereocenters. The fourth-order valence-electron chi connectivity index (χ4n) is 1.70. The third-order valence-electron chi connectivity index (χ3n) is 2.79. The first-order chi connectivity index (χ1) is 9.60. The largest absolute Gasteiger partial charge is 0.465 e. The number of nitrogens with one attached hydrogen (secondary N) is 1. The molecule has 0 aliphatic carbocycles. The van der Waals surface area contributed by atoms with Gasteiger partial charge in [-0.15, -0.1) is 0 Å². The minimum atomic E-state index is -0.362. The zero-order valence-electron chi connectivity index (χ0n) is 10.8. The van der Waals surface area contributed by atoms with Crippen molar-refractivity contribution < 1.29 is 13.9 Å². The van der Waals surface area contributed by atoms with Gasteiger partial charge in [0.15, 0.2) is 0 Å². The highest BCUT2D eigenvalue weighted by Crippen LogP contribution is 2.18. The monoisotopic (exact) mass is 337 g/mol. The van der Waals surface area contributed by atoms with Crippen molar-refractivity contribution in [2.75, 3.05) is 12.4 Å². The average molecular weight is 338 g/mol. The van der Waals surface area contributed by atoms with E-state index in [1.54, 1.807) is 36.4 Å². The topological polar surface area (TPSA) is 38.3 Å². The lowest BCUT2D eigenvalue weighted by Crippen LogP contribution is -2.02. The van der Waals surface area contributed by atoms with Gasteiger partial charge in [-0.25, -0.2) is 9.18 Å². The third kappa shape index (κ3) is 3.57. The maximum Gasteiger partial charge on any atom is 0.337 e. The van der Waals surface area contributed by atoms with Crippen LogP contribution in [-0.2, 0) is 11.3 Å². The number of benzene rings is 2. The van der Waals surface area contributed by atoms with Crippen LogP contribution in [0.2, 0.25) is 0 Å². The Morgan fingerprint density at radius 3 is 2.55 bits per heavy atom. The summed E-state index contributed by atoms with van der Waals surface area (Å²) >= 11 is 3.15. The van der Waals surface area contributed by atoms with Gasteiger partial charge >= 0.3 is 5.97 Å². The Balaban J connectivity index is 2.00. The van der Waals surface area contributed by atoms with Crippen molar-refractivity contribution in [2.45, 2.75) is 6.54 Å². The molecule has 20 heavy (non-hydrogen) atoms. The van der Waals surface area contributed by atoms with Crippen molar-refractivity contribution in [1.29, 1.82) is 0 Å². The number of rotatable bonds is 4. The third-order valence-corrected chi connectivity index (χ3v) is 3.39. The maximum absolute atomic E-state index is 13.1. The highest BCUT2D eigenvalue weighted by molar-refractivity contribution is 9.10. The van der Waals surface area contributed by atoms with Crippen LogP contribution in [0.15, 0.2) is 46.9 Å². The molecule has 2 rings (SSSR count). The van der Waals surface area contributed by atoms with E-state index in [9.17, 15) is 9.18 Å². The van der Waals surface area contributed by atoms with Gasteiger partial charge in [-0.3, -0.25) is 0 Å². The second-order valence-corrected chi connectivity index (χ2v) is 5.03. The summed E-state index contributed by atoms with van der Waals surface area (Å²) in [5, 5.41) is 3.20. The highest BCUT2D eigenvalue weighted by Gasteiger charge is 2.04. The molecule has 2 aromatic carbocycles. The molecule has 2 aromatic rings. The molecule has 1 N–H and O–H groups in total. The highest BCUT2D eigenvalue weighted by atomic mass is 79.9. The van der Waals surface area contributed by atoms with E-state index in [1.807, 2.05) is 0 Å². The Morgan fingerprint density at radius 2 is 1.95 bits per heavy atom. The van der Waals surface area contributed by atoms with Crippen LogP contribution in [-0.4, -0.2) is 13.1 Å². The van der Waals surface area contributed by atoms with E-state index in [0.29, 0.717) is 16.6 Å². The quantitative estimate of drug-likeness (QED) is 0.857. The molecule has 0 bridgehead atoms. The van der Waals surface area contributed by atoms with Crippen LogP contribution in [0.4, 0.5) is 10.1 Å². The van der Waals surface area contributed by atoms with Crippen LogP contribution in [0.1, 0.15) is 15.9 Å². The summed E-state index contributed by atoms with van der Waals surface area (Å²) in [5.74, 6) is -0.643. The molecule has 104 valence electrons. The van der Waals surface area contributed by atoms with E-state index in [-0.39, 0.29) is 11.8 Å². The van der Waals surface area contributed by atoms with Crippen molar-refractivity contribution in [2.24, 2.45) is 0 Å². The lowest BCUT2D eigenvalue weighted by molar-refractivity contribution is 0.0601. The van der Waals surface area contributed by atoms with Gasteiger partial charge in [-0.1, -0.05) is 6.07 Å². The van der Waals surface area contributed by atoms with Crippen molar-refractivity contribution in [1.82, 2.24) is 0 Å². The van der Waals surface area contributed by atoms with Gasteiger partial charge in [0.2, 0.25) is 0 Å². The first kappa shape index (κ1) is 14.5. The lowest BCUT2D eigenvalue weighted by atomic mass is 10.2. The van der Waals surface area contributed by atoms with Crippen LogP contribution in [0.25, 0.3) is 0 Å². The van der Waals surface area contributed by atoms with E-state index < -0.39 is 0 Å². The minimum absolute atomic E-state index is 0.281. The molecule has 5 heteroatoms. The number of methoxy groups -OCH3 is 1. The number of carbonyl (C=O) groups is 1. The number of esters is 1. The average Bonchev–Trinajstić information content (AvgIpc) is 2.48. The van der Waals surface area contributed by atoms with Gasteiger partial charge < -0.3 is 10.1 Å². The molecule has 0 spiro atoms. The molecule has 3 nitrogen and oxygen atoms in total. The standard InChI is InChI=1S/C15H13BrFNO2/c1-20-15(19)11-3-5-12(6-4-11)18-9-10-2-7-14(17)13(16)8-10/h2-8,18H,9H2,1H3. The Bertz CT molecular complexity index is 614. The fraction of sp³-hybridized carbons (Fsp3) is 0.133. The second-order valence-electron chi connectivity index (χ2n) is 4.17. The van der Waals surface area contributed by atoms with E-state index in [2.05, 4.69) is 26.0 Å². The molecule has 0 aliphatic heterocycles. The number of carbonyl (C=O) groups excluding carboxylic acids is 1. The van der Waals surface area contributed by atoms with E-state index in [0.717, 1.165) is 11.3 Å². The SMILES string of the molecule is COC(=O)c1ccc(NCc2ccc(F)c(Br)c2)cc1. The Hall–Kier alpha value is -1.88. The second kappa shape index (κ2) is 6.52. The van der Waals surface area contributed by atoms with E-state index in [4.69, 9.17) is 0 Å². The predicted molar refractivity (Wildman–Crippen MR) is 79.2 cm³/mol. The molecule has 0 aliphatic rings. The molecular formula is C15H13BrFNO2. The molecule has 0 saturated carbocycles. The number of hydrogen-bond donors (Lipinski definition) is 1. The zero-order chi connectivity index (χ0) is 14.5. The summed E-state index contributed by atoms with van der Waals surface area (Å²) < 4.78 is 18.2. The Labute approximate surface area is 124 Å². The molecular weight excluding hydrogens is 325 g/mol. The Morgan fingerprint density at radius 1 is 1.25 bits per heavy atom. The normalized spacial score (nSPS) is 10.2. The van der Waals surface area contributed by atoms with Crippen LogP contribution < -0.4 is 5.32 Å². The van der Waals surface area contributed by atoms with Gasteiger partial charge in [0, 0.05) is 12.2 Å². The number of anilines is 1. The van der Waals surface area contributed by atoms with E-state index in [1.165, 1.54) is 13.2 Å². The number of ether oxygens (including phenoxy) is 1. The minimum Gasteiger partial charge on any atom is -0.465 e. The Kier molecular flexibility index (Phi) is 4.74. The number of halogens is 2. The van der Waals surface area contributed by atoms with Gasteiger partial charge in [0.05, 0.1) is 17.1 Å². The van der Waals surface area contributed by atoms with Crippen LogP contribution in [0.3, 0.4) is 0 Å². The first-order valence-electron chi connectivity index (χ1n) is 5.96. The van der Waals surface area contributed by atoms with Crippen molar-refractivity contribution in [3.05, 3.63) is 63.9 Å². The molecule has 0 aromatic heterocycles. The van der Waals surface area contributed by atoms with Gasteiger partial charge in [0.1, 0.15) is 5.82 Å². The number of hydrogen-bond acceptors (Lipinski definition) is 3. The van der Waals surface area contributed by atoms with Gasteiger partial charge in [0.25, 0.3) is 0 Å². The molecule has 0 fully saturated rings. The summed E-state index contributed by atoms with van der Waals surface area (Å²) in [4.78, 5) is 11.3. The maximum atomic E-state index is 13.1. The molecule has 0 heterocycles. The molecule has 0 amide bonds. The summed E-state index contributed by atoms with van der Waals surface area (Å²) in [6.07, 6.45) is 0. The molecule has 0 saturated heterocycles. The van der Waals surface area contributed by atoms with E-state index >= 15 is 0 Å². The van der Waals surface area contributed by atoms with Crippen LogP contribution in [0, 0.1) is 5.82 Å². The van der Waals surface area contributed by atoms with Gasteiger partial charge in [-0.05, 0) is 57.9 Å². The lowest BCUT2D eigenvalue weighted by Gasteiger charge is -2.08. The van der Waals surface area contributed by atoms with Crippen molar-refractivity contribution in [3.8, 4) is 0 Å². The molecule has 0 radical (unpaired) electrons. The predicted octanol–water partition coefficient (Wildman–Crippen LogP) is 3.99. The smallest absolute Gasteiger partial charge is 0.337 e. The summed E-state index contributed by atoms with van der Waals surface area (Å²) in [5.41, 5.74) is 2.33. The summed E-state index contributed by atoms with van der Waals surface area (Å²) in [6.45, 7) is 0.566.